The molecule has 6 heteroatoms. The van der Waals surface area contributed by atoms with E-state index in [9.17, 15) is 8.42 Å². The number of nitrogens with zero attached hydrogens (tertiary/aromatic N) is 1. The second kappa shape index (κ2) is 6.97. The van der Waals surface area contributed by atoms with Crippen molar-refractivity contribution in [1.29, 1.82) is 0 Å². The van der Waals surface area contributed by atoms with Crippen molar-refractivity contribution in [1.82, 2.24) is 0 Å². The Hall–Kier alpha value is -2.57. The zero-order valence-corrected chi connectivity index (χ0v) is 15.1. The molecule has 0 spiro atoms. The van der Waals surface area contributed by atoms with Gasteiger partial charge in [-0.25, -0.2) is 8.42 Å². The summed E-state index contributed by atoms with van der Waals surface area (Å²) in [4.78, 5) is 2.45. The van der Waals surface area contributed by atoms with Crippen molar-refractivity contribution in [2.75, 3.05) is 35.9 Å². The summed E-state index contributed by atoms with van der Waals surface area (Å²) in [5, 5.41) is 1.92. The van der Waals surface area contributed by atoms with Crippen LogP contribution in [0.2, 0.25) is 0 Å². The van der Waals surface area contributed by atoms with Crippen LogP contribution in [0.3, 0.4) is 0 Å². The largest absolute Gasteiger partial charge is 0.378 e. The zero-order valence-electron chi connectivity index (χ0n) is 14.3. The molecule has 5 nitrogen and oxygen atoms in total. The van der Waals surface area contributed by atoms with Gasteiger partial charge in [0.25, 0.3) is 10.0 Å². The van der Waals surface area contributed by atoms with E-state index in [0.717, 1.165) is 29.5 Å². The number of hydrogen-bond acceptors (Lipinski definition) is 4. The van der Waals surface area contributed by atoms with Crippen LogP contribution in [0.1, 0.15) is 0 Å². The molecule has 0 amide bonds. The highest BCUT2D eigenvalue weighted by atomic mass is 32.2. The maximum Gasteiger partial charge on any atom is 0.261 e. The lowest BCUT2D eigenvalue weighted by Gasteiger charge is -2.29. The van der Waals surface area contributed by atoms with E-state index in [1.54, 1.807) is 18.2 Å². The zero-order chi connectivity index (χ0) is 18.0. The average molecular weight is 368 g/mol. The number of anilines is 2. The molecule has 1 heterocycles. The predicted molar refractivity (Wildman–Crippen MR) is 104 cm³/mol. The smallest absolute Gasteiger partial charge is 0.261 e. The van der Waals surface area contributed by atoms with Crippen LogP contribution in [0, 0.1) is 0 Å². The van der Waals surface area contributed by atoms with Crippen LogP contribution in [-0.4, -0.2) is 34.7 Å². The lowest BCUT2D eigenvalue weighted by molar-refractivity contribution is 0.122. The lowest BCUT2D eigenvalue weighted by atomic mass is 10.1. The standard InChI is InChI=1S/C20H20N2O3S/c23-26(24,20-9-8-16-4-1-2-5-17(16)14-20)21-18-6-3-7-19(15-18)22-10-12-25-13-11-22/h1-9,14-15,21H,10-13H2. The minimum atomic E-state index is -3.65. The van der Waals surface area contributed by atoms with Gasteiger partial charge in [-0.3, -0.25) is 4.72 Å². The van der Waals surface area contributed by atoms with E-state index in [2.05, 4.69) is 9.62 Å². The topological polar surface area (TPSA) is 58.6 Å². The Bertz CT molecular complexity index is 1030. The molecular formula is C20H20N2O3S. The molecule has 134 valence electrons. The van der Waals surface area contributed by atoms with Gasteiger partial charge in [0.05, 0.1) is 23.8 Å². The van der Waals surface area contributed by atoms with Crippen molar-refractivity contribution in [3.63, 3.8) is 0 Å². The fourth-order valence-electron chi connectivity index (χ4n) is 3.14. The molecular weight excluding hydrogens is 348 g/mol. The number of benzene rings is 3. The Morgan fingerprint density at radius 3 is 2.42 bits per heavy atom. The first-order valence-electron chi connectivity index (χ1n) is 8.56. The van der Waals surface area contributed by atoms with Crippen LogP contribution in [0.5, 0.6) is 0 Å². The van der Waals surface area contributed by atoms with E-state index >= 15 is 0 Å². The third-order valence-electron chi connectivity index (χ3n) is 4.51. The highest BCUT2D eigenvalue weighted by Crippen LogP contribution is 2.24. The van der Waals surface area contributed by atoms with E-state index in [4.69, 9.17) is 4.74 Å². The molecule has 1 N–H and O–H groups in total. The summed E-state index contributed by atoms with van der Waals surface area (Å²) >= 11 is 0. The number of nitrogens with one attached hydrogen (secondary N) is 1. The van der Waals surface area contributed by atoms with Gasteiger partial charge in [0, 0.05) is 18.8 Å². The fraction of sp³-hybridized carbons (Fsp3) is 0.200. The van der Waals surface area contributed by atoms with Gasteiger partial charge in [0.2, 0.25) is 0 Å². The molecule has 3 aromatic rings. The van der Waals surface area contributed by atoms with Crippen LogP contribution >= 0.6 is 0 Å². The van der Waals surface area contributed by atoms with Crippen LogP contribution < -0.4 is 9.62 Å². The molecule has 1 aliphatic heterocycles. The van der Waals surface area contributed by atoms with Crippen LogP contribution in [0.15, 0.2) is 71.6 Å². The van der Waals surface area contributed by atoms with Gasteiger partial charge < -0.3 is 9.64 Å². The Labute approximate surface area is 153 Å². The minimum Gasteiger partial charge on any atom is -0.378 e. The molecule has 0 atom stereocenters. The molecule has 0 aliphatic carbocycles. The van der Waals surface area contributed by atoms with Crippen molar-refractivity contribution in [3.8, 4) is 0 Å². The van der Waals surface area contributed by atoms with Crippen molar-refractivity contribution < 1.29 is 13.2 Å². The summed E-state index contributed by atoms with van der Waals surface area (Å²) in [5.74, 6) is 0. The number of fused-ring (bicyclic) bond motifs is 1. The highest BCUT2D eigenvalue weighted by Gasteiger charge is 2.16. The lowest BCUT2D eigenvalue weighted by Crippen LogP contribution is -2.36. The molecule has 3 aromatic carbocycles. The first-order valence-corrected chi connectivity index (χ1v) is 10.0. The molecule has 1 aliphatic rings. The predicted octanol–water partition coefficient (Wildman–Crippen LogP) is 3.48. The molecule has 26 heavy (non-hydrogen) atoms. The molecule has 4 rings (SSSR count). The van der Waals surface area contributed by atoms with E-state index in [-0.39, 0.29) is 4.90 Å². The first-order chi connectivity index (χ1) is 12.6. The number of hydrogen-bond donors (Lipinski definition) is 1. The summed E-state index contributed by atoms with van der Waals surface area (Å²) in [6, 6.07) is 20.4. The summed E-state index contributed by atoms with van der Waals surface area (Å²) in [7, 11) is -3.65. The molecule has 0 radical (unpaired) electrons. The van der Waals surface area contributed by atoms with Crippen LogP contribution in [0.25, 0.3) is 10.8 Å². The Morgan fingerprint density at radius 1 is 0.846 bits per heavy atom. The third kappa shape index (κ3) is 3.52. The highest BCUT2D eigenvalue weighted by molar-refractivity contribution is 7.92. The Kier molecular flexibility index (Phi) is 4.53. The van der Waals surface area contributed by atoms with Crippen molar-refractivity contribution in [2.24, 2.45) is 0 Å². The SMILES string of the molecule is O=S(=O)(Nc1cccc(N2CCOCC2)c1)c1ccc2ccccc2c1. The van der Waals surface area contributed by atoms with Gasteiger partial charge in [-0.15, -0.1) is 0 Å². The molecule has 1 saturated heterocycles. The van der Waals surface area contributed by atoms with E-state index < -0.39 is 10.0 Å². The summed E-state index contributed by atoms with van der Waals surface area (Å²) in [5.41, 5.74) is 1.55. The minimum absolute atomic E-state index is 0.257. The van der Waals surface area contributed by atoms with Gasteiger partial charge in [-0.1, -0.05) is 36.4 Å². The maximum absolute atomic E-state index is 12.8. The van der Waals surface area contributed by atoms with Gasteiger partial charge >= 0.3 is 0 Å². The average Bonchev–Trinajstić information content (AvgIpc) is 2.68. The number of rotatable bonds is 4. The van der Waals surface area contributed by atoms with Crippen molar-refractivity contribution in [2.45, 2.75) is 4.90 Å². The van der Waals surface area contributed by atoms with Crippen molar-refractivity contribution in [3.05, 3.63) is 66.7 Å². The van der Waals surface area contributed by atoms with Crippen LogP contribution in [-0.2, 0) is 14.8 Å². The molecule has 0 bridgehead atoms. The van der Waals surface area contributed by atoms with E-state index in [1.807, 2.05) is 48.5 Å². The second-order valence-corrected chi connectivity index (χ2v) is 7.95. The Morgan fingerprint density at radius 2 is 1.62 bits per heavy atom. The van der Waals surface area contributed by atoms with Gasteiger partial charge in [0.15, 0.2) is 0 Å². The van der Waals surface area contributed by atoms with E-state index in [1.165, 1.54) is 0 Å². The quantitative estimate of drug-likeness (QED) is 0.766. The first kappa shape index (κ1) is 16.9. The maximum atomic E-state index is 12.8. The third-order valence-corrected chi connectivity index (χ3v) is 5.88. The summed E-state index contributed by atoms with van der Waals surface area (Å²) in [6.07, 6.45) is 0. The monoisotopic (exact) mass is 368 g/mol. The number of sulfonamides is 1. The summed E-state index contributed by atoms with van der Waals surface area (Å²) in [6.45, 7) is 2.99. The number of ether oxygens (including phenoxy) is 1. The number of morpholine rings is 1. The Balaban J connectivity index is 1.60. The normalized spacial score (nSPS) is 15.2. The molecule has 0 aromatic heterocycles. The fourth-order valence-corrected chi connectivity index (χ4v) is 4.22. The van der Waals surface area contributed by atoms with Gasteiger partial charge in [-0.2, -0.15) is 0 Å². The van der Waals surface area contributed by atoms with Crippen molar-refractivity contribution >= 4 is 32.2 Å². The van der Waals surface area contributed by atoms with E-state index in [0.29, 0.717) is 18.9 Å². The van der Waals surface area contributed by atoms with Gasteiger partial charge in [-0.05, 0) is 41.1 Å². The summed E-state index contributed by atoms with van der Waals surface area (Å²) < 4.78 is 33.6. The van der Waals surface area contributed by atoms with Crippen LogP contribution in [0.4, 0.5) is 11.4 Å². The second-order valence-electron chi connectivity index (χ2n) is 6.26. The molecule has 0 saturated carbocycles. The van der Waals surface area contributed by atoms with Gasteiger partial charge in [0.1, 0.15) is 0 Å². The molecule has 1 fully saturated rings. The molecule has 0 unspecified atom stereocenters.